The first kappa shape index (κ1) is 26.7. The maximum absolute atomic E-state index is 14.9. The summed E-state index contributed by atoms with van der Waals surface area (Å²) in [5.41, 5.74) is -0.273. The summed E-state index contributed by atoms with van der Waals surface area (Å²) in [6.07, 6.45) is 0.952. The average Bonchev–Trinajstić information content (AvgIpc) is 2.85. The molecule has 4 fully saturated rings. The maximum Gasteiger partial charge on any atom is 0.255 e. The highest BCUT2D eigenvalue weighted by molar-refractivity contribution is 5.92. The Morgan fingerprint density at radius 1 is 1.27 bits per heavy atom. The van der Waals surface area contributed by atoms with Gasteiger partial charge in [0, 0.05) is 24.9 Å². The molecule has 3 heterocycles. The number of carbonyl (C=O) groups is 3. The molecule has 6 atom stereocenters. The number of benzene rings is 1. The minimum absolute atomic E-state index is 0.0160. The molecule has 0 aromatic heterocycles. The number of hydrogen-bond acceptors (Lipinski definition) is 5. The van der Waals surface area contributed by atoms with Crippen molar-refractivity contribution in [2.45, 2.75) is 75.5 Å². The molecule has 0 spiro atoms. The van der Waals surface area contributed by atoms with Crippen molar-refractivity contribution in [3.8, 4) is 6.07 Å². The molecule has 1 aromatic rings. The van der Waals surface area contributed by atoms with Crippen LogP contribution in [0.1, 0.15) is 45.4 Å². The Hall–Kier alpha value is -3.36. The van der Waals surface area contributed by atoms with Crippen molar-refractivity contribution in [3.05, 3.63) is 29.8 Å². The molecule has 12 heteroatoms. The standard InChI is InChI=1S/C25H29F4N5O3/c1-13(32-20-10-15(26)4-7-19(20)27)24(37)34-17-5-6-18(25(28,29)11-17)21(34)23(36)33-16(12-30)9-14-3-2-8-31-22(14)35/h4,7,10,13-14,16-18,21,32H,2-3,5-6,8-9,11H2,1H3,(H,31,35)(H,33,36)/t13-,14+,16+,17-,18-,21-/m1/s1. The largest absolute Gasteiger partial charge is 0.371 e. The number of rotatable bonds is 7. The van der Waals surface area contributed by atoms with Crippen LogP contribution in [0, 0.1) is 34.8 Å². The Labute approximate surface area is 211 Å². The van der Waals surface area contributed by atoms with Gasteiger partial charge in [0.25, 0.3) is 5.92 Å². The first-order valence-electron chi connectivity index (χ1n) is 12.4. The maximum atomic E-state index is 14.9. The molecule has 200 valence electrons. The summed E-state index contributed by atoms with van der Waals surface area (Å²) in [5, 5.41) is 17.4. The normalized spacial score (nSPS) is 28.0. The van der Waals surface area contributed by atoms with E-state index in [-0.39, 0.29) is 30.9 Å². The average molecular weight is 524 g/mol. The molecule has 3 N–H and O–H groups in total. The highest BCUT2D eigenvalue weighted by atomic mass is 19.3. The highest BCUT2D eigenvalue weighted by Gasteiger charge is 2.60. The summed E-state index contributed by atoms with van der Waals surface area (Å²) < 4.78 is 57.5. The molecule has 37 heavy (non-hydrogen) atoms. The molecule has 0 radical (unpaired) electrons. The molecule has 3 aliphatic heterocycles. The Morgan fingerprint density at radius 3 is 2.70 bits per heavy atom. The van der Waals surface area contributed by atoms with E-state index in [2.05, 4.69) is 16.0 Å². The molecule has 8 nitrogen and oxygen atoms in total. The Balaban J connectivity index is 1.54. The Kier molecular flexibility index (Phi) is 7.62. The van der Waals surface area contributed by atoms with Gasteiger partial charge >= 0.3 is 0 Å². The minimum Gasteiger partial charge on any atom is -0.371 e. The van der Waals surface area contributed by atoms with Gasteiger partial charge in [-0.15, -0.1) is 0 Å². The second kappa shape index (κ2) is 10.6. The molecular weight excluding hydrogens is 494 g/mol. The molecule has 1 aliphatic carbocycles. The highest BCUT2D eigenvalue weighted by Crippen LogP contribution is 2.49. The second-order valence-electron chi connectivity index (χ2n) is 10.0. The number of nitrogens with zero attached hydrogens (tertiary/aromatic N) is 2. The molecule has 3 amide bonds. The van der Waals surface area contributed by atoms with Gasteiger partial charge in [-0.05, 0) is 57.2 Å². The van der Waals surface area contributed by atoms with Gasteiger partial charge in [0.1, 0.15) is 29.8 Å². The van der Waals surface area contributed by atoms with Crippen molar-refractivity contribution in [2.75, 3.05) is 11.9 Å². The number of halogens is 4. The molecule has 5 rings (SSSR count). The molecule has 1 aromatic carbocycles. The fourth-order valence-electron chi connectivity index (χ4n) is 5.70. The van der Waals surface area contributed by atoms with E-state index >= 15 is 0 Å². The van der Waals surface area contributed by atoms with Gasteiger partial charge in [-0.3, -0.25) is 14.4 Å². The smallest absolute Gasteiger partial charge is 0.255 e. The summed E-state index contributed by atoms with van der Waals surface area (Å²) in [4.78, 5) is 40.0. The molecule has 0 unspecified atom stereocenters. The van der Waals surface area contributed by atoms with Crippen LogP contribution in [0.3, 0.4) is 0 Å². The van der Waals surface area contributed by atoms with E-state index in [4.69, 9.17) is 0 Å². The Morgan fingerprint density at radius 2 is 2.03 bits per heavy atom. The van der Waals surface area contributed by atoms with E-state index in [0.29, 0.717) is 13.0 Å². The monoisotopic (exact) mass is 523 g/mol. The van der Waals surface area contributed by atoms with E-state index in [1.165, 1.54) is 6.92 Å². The number of piperidine rings is 3. The number of fused-ring (bicyclic) bond motifs is 3. The van der Waals surface area contributed by atoms with Gasteiger partial charge in [0.15, 0.2) is 0 Å². The zero-order chi connectivity index (χ0) is 26.9. The van der Waals surface area contributed by atoms with Crippen LogP contribution in [0.4, 0.5) is 23.2 Å². The number of carbonyl (C=O) groups excluding carboxylic acids is 3. The lowest BCUT2D eigenvalue weighted by atomic mass is 9.71. The second-order valence-corrected chi connectivity index (χ2v) is 10.0. The van der Waals surface area contributed by atoms with Crippen LogP contribution >= 0.6 is 0 Å². The number of nitriles is 1. The molecular formula is C25H29F4N5O3. The van der Waals surface area contributed by atoms with Crippen molar-refractivity contribution in [2.24, 2.45) is 11.8 Å². The summed E-state index contributed by atoms with van der Waals surface area (Å²) >= 11 is 0. The molecule has 4 aliphatic rings. The van der Waals surface area contributed by atoms with Gasteiger partial charge in [-0.25, -0.2) is 17.6 Å². The predicted octanol–water partition coefficient (Wildman–Crippen LogP) is 2.70. The first-order chi connectivity index (χ1) is 17.5. The van der Waals surface area contributed by atoms with Crippen molar-refractivity contribution in [1.29, 1.82) is 5.26 Å². The Bertz CT molecular complexity index is 1110. The summed E-state index contributed by atoms with van der Waals surface area (Å²) in [6, 6.07) is -0.139. The summed E-state index contributed by atoms with van der Waals surface area (Å²) in [7, 11) is 0. The lowest BCUT2D eigenvalue weighted by Gasteiger charge is -2.54. The van der Waals surface area contributed by atoms with Crippen molar-refractivity contribution in [3.63, 3.8) is 0 Å². The zero-order valence-corrected chi connectivity index (χ0v) is 20.3. The topological polar surface area (TPSA) is 114 Å². The molecule has 3 saturated heterocycles. The number of alkyl halides is 2. The van der Waals surface area contributed by atoms with Crippen molar-refractivity contribution in [1.82, 2.24) is 15.5 Å². The lowest BCUT2D eigenvalue weighted by molar-refractivity contribution is -0.194. The number of hydrogen-bond donors (Lipinski definition) is 3. The van der Waals surface area contributed by atoms with E-state index in [0.717, 1.165) is 29.5 Å². The van der Waals surface area contributed by atoms with Crippen molar-refractivity contribution < 1.29 is 31.9 Å². The van der Waals surface area contributed by atoms with Crippen LogP contribution < -0.4 is 16.0 Å². The first-order valence-corrected chi connectivity index (χ1v) is 12.4. The quantitative estimate of drug-likeness (QED) is 0.476. The third-order valence-corrected chi connectivity index (χ3v) is 7.52. The number of amides is 3. The molecule has 2 bridgehead atoms. The van der Waals surface area contributed by atoms with Crippen LogP contribution in [-0.4, -0.2) is 59.3 Å². The lowest BCUT2D eigenvalue weighted by Crippen LogP contribution is -2.70. The summed E-state index contributed by atoms with van der Waals surface area (Å²) in [5.74, 6) is -8.52. The fraction of sp³-hybridized carbons (Fsp3) is 0.600. The van der Waals surface area contributed by atoms with Gasteiger partial charge in [0.2, 0.25) is 17.7 Å². The van der Waals surface area contributed by atoms with E-state index in [9.17, 15) is 37.2 Å². The predicted molar refractivity (Wildman–Crippen MR) is 124 cm³/mol. The summed E-state index contributed by atoms with van der Waals surface area (Å²) in [6.45, 7) is 1.91. The third-order valence-electron chi connectivity index (χ3n) is 7.52. The van der Waals surface area contributed by atoms with Crippen LogP contribution in [0.2, 0.25) is 0 Å². The van der Waals surface area contributed by atoms with Gasteiger partial charge in [-0.2, -0.15) is 5.26 Å². The SMILES string of the molecule is C[C@@H](Nc1cc(F)ccc1F)C(=O)N1[C@@H]2CC[C@H]([C@@H]1C(=O)N[C@H](C#N)C[C@@H]1CCCNC1=O)C(F)(F)C2. The van der Waals surface area contributed by atoms with E-state index < -0.39 is 71.8 Å². The zero-order valence-electron chi connectivity index (χ0n) is 20.3. The minimum atomic E-state index is -3.20. The third kappa shape index (κ3) is 5.50. The van der Waals surface area contributed by atoms with E-state index in [1.807, 2.05) is 6.07 Å². The number of nitrogens with one attached hydrogen (secondary N) is 3. The van der Waals surface area contributed by atoms with Crippen LogP contribution in [-0.2, 0) is 14.4 Å². The number of anilines is 1. The van der Waals surface area contributed by atoms with E-state index in [1.54, 1.807) is 0 Å². The van der Waals surface area contributed by atoms with Gasteiger partial charge in [0.05, 0.1) is 17.7 Å². The van der Waals surface area contributed by atoms with Crippen LogP contribution in [0.15, 0.2) is 18.2 Å². The fourth-order valence-corrected chi connectivity index (χ4v) is 5.70. The van der Waals surface area contributed by atoms with Crippen LogP contribution in [0.5, 0.6) is 0 Å². The van der Waals surface area contributed by atoms with Gasteiger partial charge < -0.3 is 20.9 Å². The van der Waals surface area contributed by atoms with Gasteiger partial charge in [-0.1, -0.05) is 0 Å². The molecule has 1 saturated carbocycles. The van der Waals surface area contributed by atoms with Crippen LogP contribution in [0.25, 0.3) is 0 Å². The van der Waals surface area contributed by atoms with Crippen molar-refractivity contribution >= 4 is 23.4 Å².